The Hall–Kier alpha value is -2.24. The minimum atomic E-state index is -0.523. The number of carbonyl (C=O) groups excluding carboxylic acids is 2. The van der Waals surface area contributed by atoms with E-state index in [2.05, 4.69) is 5.32 Å². The molecule has 6 nitrogen and oxygen atoms in total. The van der Waals surface area contributed by atoms with Crippen molar-refractivity contribution in [1.82, 2.24) is 10.2 Å². The monoisotopic (exact) mass is 361 g/mol. The maximum Gasteiger partial charge on any atom is 0.410 e. The third-order valence-corrected chi connectivity index (χ3v) is 4.36. The molecule has 6 heteroatoms. The lowest BCUT2D eigenvalue weighted by atomic mass is 9.97. The van der Waals surface area contributed by atoms with Crippen LogP contribution in [0.2, 0.25) is 0 Å². The number of piperidine rings is 1. The Morgan fingerprint density at radius 2 is 1.88 bits per heavy atom. The molecule has 1 N–H and O–H groups in total. The van der Waals surface area contributed by atoms with Gasteiger partial charge in [0.05, 0.1) is 5.92 Å². The van der Waals surface area contributed by atoms with Crippen LogP contribution >= 0.6 is 0 Å². The van der Waals surface area contributed by atoms with Gasteiger partial charge in [0.25, 0.3) is 0 Å². The molecule has 0 radical (unpaired) electrons. The summed E-state index contributed by atoms with van der Waals surface area (Å²) < 4.78 is 5.42. The zero-order valence-electron chi connectivity index (χ0n) is 16.5. The van der Waals surface area contributed by atoms with E-state index in [1.807, 2.05) is 64.0 Å². The van der Waals surface area contributed by atoms with E-state index in [1.165, 1.54) is 0 Å². The highest BCUT2D eigenvalue weighted by Crippen LogP contribution is 2.20. The van der Waals surface area contributed by atoms with E-state index < -0.39 is 5.60 Å². The molecule has 0 spiro atoms. The smallest absolute Gasteiger partial charge is 0.410 e. The average molecular weight is 361 g/mol. The van der Waals surface area contributed by atoms with Gasteiger partial charge in [-0.2, -0.15) is 0 Å². The Kier molecular flexibility index (Phi) is 6.51. The Bertz CT molecular complexity index is 620. The van der Waals surface area contributed by atoms with Gasteiger partial charge in [0.2, 0.25) is 5.91 Å². The van der Waals surface area contributed by atoms with Gasteiger partial charge in [-0.05, 0) is 51.3 Å². The van der Waals surface area contributed by atoms with E-state index in [1.54, 1.807) is 4.90 Å². The van der Waals surface area contributed by atoms with Crippen LogP contribution in [-0.4, -0.2) is 49.7 Å². The summed E-state index contributed by atoms with van der Waals surface area (Å²) in [5, 5.41) is 2.99. The molecular weight excluding hydrogens is 330 g/mol. The lowest BCUT2D eigenvalue weighted by Gasteiger charge is -2.33. The van der Waals surface area contributed by atoms with Gasteiger partial charge in [-0.25, -0.2) is 4.79 Å². The number of ether oxygens (including phenoxy) is 1. The third-order valence-electron chi connectivity index (χ3n) is 4.36. The highest BCUT2D eigenvalue weighted by molar-refractivity contribution is 5.80. The molecule has 0 bridgehead atoms. The first-order valence-corrected chi connectivity index (χ1v) is 9.17. The van der Waals surface area contributed by atoms with Gasteiger partial charge < -0.3 is 19.9 Å². The molecule has 144 valence electrons. The van der Waals surface area contributed by atoms with Crippen LogP contribution in [0.15, 0.2) is 24.3 Å². The van der Waals surface area contributed by atoms with Gasteiger partial charge in [-0.3, -0.25) is 4.79 Å². The van der Waals surface area contributed by atoms with Gasteiger partial charge >= 0.3 is 6.09 Å². The van der Waals surface area contributed by atoms with Crippen LogP contribution < -0.4 is 10.2 Å². The fraction of sp³-hybridized carbons (Fsp3) is 0.600. The number of hydrogen-bond acceptors (Lipinski definition) is 4. The van der Waals surface area contributed by atoms with E-state index >= 15 is 0 Å². The molecule has 1 saturated heterocycles. The van der Waals surface area contributed by atoms with Crippen LogP contribution in [0.25, 0.3) is 0 Å². The Morgan fingerprint density at radius 1 is 1.23 bits per heavy atom. The SMILES string of the molecule is CN(C)c1ccc(CNC(=O)C2CCCN(C(=O)OC(C)(C)C)C2)cc1. The second kappa shape index (κ2) is 8.43. The summed E-state index contributed by atoms with van der Waals surface area (Å²) in [5.74, 6) is -0.188. The van der Waals surface area contributed by atoms with Crippen LogP contribution in [-0.2, 0) is 16.1 Å². The van der Waals surface area contributed by atoms with Crippen molar-refractivity contribution in [2.24, 2.45) is 5.92 Å². The molecule has 0 aliphatic carbocycles. The lowest BCUT2D eigenvalue weighted by Crippen LogP contribution is -2.46. The standard InChI is InChI=1S/C20H31N3O3/c1-20(2,3)26-19(25)23-12-6-7-16(14-23)18(24)21-13-15-8-10-17(11-9-15)22(4)5/h8-11,16H,6-7,12-14H2,1-5H3,(H,21,24). The van der Waals surface area contributed by atoms with Crippen molar-refractivity contribution in [2.75, 3.05) is 32.1 Å². The minimum absolute atomic E-state index is 0.00468. The van der Waals surface area contributed by atoms with Crippen LogP contribution in [0.1, 0.15) is 39.2 Å². The zero-order chi connectivity index (χ0) is 19.3. The Balaban J connectivity index is 1.85. The van der Waals surface area contributed by atoms with Gasteiger partial charge in [-0.1, -0.05) is 12.1 Å². The highest BCUT2D eigenvalue weighted by Gasteiger charge is 2.30. The highest BCUT2D eigenvalue weighted by atomic mass is 16.6. The molecule has 1 aromatic rings. The maximum atomic E-state index is 12.5. The van der Waals surface area contributed by atoms with E-state index in [-0.39, 0.29) is 17.9 Å². The third kappa shape index (κ3) is 5.93. The topological polar surface area (TPSA) is 61.9 Å². The first kappa shape index (κ1) is 20.1. The molecule has 1 atom stereocenters. The molecule has 1 unspecified atom stereocenters. The van der Waals surface area contributed by atoms with Crippen LogP contribution in [0.3, 0.4) is 0 Å². The number of amides is 2. The molecular formula is C20H31N3O3. The number of hydrogen-bond donors (Lipinski definition) is 1. The molecule has 0 aromatic heterocycles. The summed E-state index contributed by atoms with van der Waals surface area (Å²) in [6.07, 6.45) is 1.27. The second-order valence-electron chi connectivity index (χ2n) is 8.04. The quantitative estimate of drug-likeness (QED) is 0.895. The first-order chi connectivity index (χ1) is 12.2. The molecule has 0 saturated carbocycles. The molecule has 1 fully saturated rings. The van der Waals surface area contributed by atoms with E-state index in [4.69, 9.17) is 4.74 Å². The normalized spacial score (nSPS) is 17.6. The predicted molar refractivity (Wildman–Crippen MR) is 103 cm³/mol. The first-order valence-electron chi connectivity index (χ1n) is 9.17. The van der Waals surface area contributed by atoms with Crippen LogP contribution in [0, 0.1) is 5.92 Å². The van der Waals surface area contributed by atoms with E-state index in [0.717, 1.165) is 24.1 Å². The molecule has 2 rings (SSSR count). The molecule has 1 aliphatic heterocycles. The molecule has 26 heavy (non-hydrogen) atoms. The van der Waals surface area contributed by atoms with Crippen molar-refractivity contribution >= 4 is 17.7 Å². The summed E-state index contributed by atoms with van der Waals surface area (Å²) in [5.41, 5.74) is 1.66. The number of carbonyl (C=O) groups is 2. The average Bonchev–Trinajstić information content (AvgIpc) is 2.58. The maximum absolute atomic E-state index is 12.5. The Morgan fingerprint density at radius 3 is 2.46 bits per heavy atom. The van der Waals surface area contributed by atoms with Crippen molar-refractivity contribution in [3.63, 3.8) is 0 Å². The molecule has 1 heterocycles. The van der Waals surface area contributed by atoms with Crippen molar-refractivity contribution < 1.29 is 14.3 Å². The van der Waals surface area contributed by atoms with Crippen molar-refractivity contribution in [1.29, 1.82) is 0 Å². The molecule has 2 amide bonds. The number of likely N-dealkylation sites (tertiary alicyclic amines) is 1. The number of anilines is 1. The number of benzene rings is 1. The van der Waals surface area contributed by atoms with Gasteiger partial charge in [-0.15, -0.1) is 0 Å². The van der Waals surface area contributed by atoms with Gasteiger partial charge in [0.1, 0.15) is 5.60 Å². The van der Waals surface area contributed by atoms with E-state index in [0.29, 0.717) is 19.6 Å². The van der Waals surface area contributed by atoms with Gasteiger partial charge in [0.15, 0.2) is 0 Å². The van der Waals surface area contributed by atoms with Crippen LogP contribution in [0.4, 0.5) is 10.5 Å². The second-order valence-corrected chi connectivity index (χ2v) is 8.04. The van der Waals surface area contributed by atoms with Gasteiger partial charge in [0, 0.05) is 39.4 Å². The summed E-state index contributed by atoms with van der Waals surface area (Å²) >= 11 is 0. The zero-order valence-corrected chi connectivity index (χ0v) is 16.5. The van der Waals surface area contributed by atoms with Crippen LogP contribution in [0.5, 0.6) is 0 Å². The summed E-state index contributed by atoms with van der Waals surface area (Å²) in [7, 11) is 3.99. The Labute approximate surface area is 156 Å². The van der Waals surface area contributed by atoms with Crippen molar-refractivity contribution in [2.45, 2.75) is 45.8 Å². The molecule has 1 aromatic carbocycles. The number of nitrogens with zero attached hydrogens (tertiary/aromatic N) is 2. The van der Waals surface area contributed by atoms with Crippen molar-refractivity contribution in [3.8, 4) is 0 Å². The van der Waals surface area contributed by atoms with E-state index in [9.17, 15) is 9.59 Å². The summed E-state index contributed by atoms with van der Waals surface area (Å²) in [4.78, 5) is 28.4. The lowest BCUT2D eigenvalue weighted by molar-refractivity contribution is -0.126. The predicted octanol–water partition coefficient (Wildman–Crippen LogP) is 3.02. The largest absolute Gasteiger partial charge is 0.444 e. The number of rotatable bonds is 4. The summed E-state index contributed by atoms with van der Waals surface area (Å²) in [6, 6.07) is 8.10. The fourth-order valence-corrected chi connectivity index (χ4v) is 2.93. The minimum Gasteiger partial charge on any atom is -0.444 e. The fourth-order valence-electron chi connectivity index (χ4n) is 2.93. The van der Waals surface area contributed by atoms with Crippen molar-refractivity contribution in [3.05, 3.63) is 29.8 Å². The molecule has 1 aliphatic rings. The summed E-state index contributed by atoms with van der Waals surface area (Å²) in [6.45, 7) is 7.10. The number of nitrogens with one attached hydrogen (secondary N) is 1.